The van der Waals surface area contributed by atoms with E-state index in [1.807, 2.05) is 18.7 Å². The van der Waals surface area contributed by atoms with Gasteiger partial charge >= 0.3 is 5.97 Å². The molecule has 0 saturated heterocycles. The van der Waals surface area contributed by atoms with Crippen LogP contribution < -0.4 is 0 Å². The zero-order valence-electron chi connectivity index (χ0n) is 10.2. The molecule has 0 aromatic rings. The Morgan fingerprint density at radius 3 is 2.50 bits per heavy atom. The summed E-state index contributed by atoms with van der Waals surface area (Å²) < 4.78 is 0. The number of rotatable bonds is 4. The predicted octanol–water partition coefficient (Wildman–Crippen LogP) is 1.47. The van der Waals surface area contributed by atoms with Gasteiger partial charge < -0.3 is 10.2 Å². The van der Waals surface area contributed by atoms with Crippen molar-refractivity contribution in [2.45, 2.75) is 64.1 Å². The van der Waals surface area contributed by atoms with Crippen LogP contribution in [-0.2, 0) is 4.79 Å². The highest BCUT2D eigenvalue weighted by Gasteiger charge is 2.30. The van der Waals surface area contributed by atoms with E-state index in [0.717, 1.165) is 32.1 Å². The molecule has 2 N–H and O–H groups in total. The highest BCUT2D eigenvalue weighted by Crippen LogP contribution is 2.23. The molecular weight excluding hydrogens is 206 g/mol. The highest BCUT2D eigenvalue weighted by atomic mass is 16.4. The fourth-order valence-corrected chi connectivity index (χ4v) is 2.49. The maximum atomic E-state index is 10.8. The molecule has 0 aromatic carbocycles. The molecule has 1 fully saturated rings. The molecule has 4 nitrogen and oxygen atoms in total. The third kappa shape index (κ3) is 3.76. The highest BCUT2D eigenvalue weighted by molar-refractivity contribution is 5.69. The van der Waals surface area contributed by atoms with E-state index in [0.29, 0.717) is 0 Å². The molecule has 2 unspecified atom stereocenters. The van der Waals surface area contributed by atoms with Gasteiger partial charge in [-0.25, -0.2) is 0 Å². The first-order valence-corrected chi connectivity index (χ1v) is 6.18. The van der Waals surface area contributed by atoms with E-state index in [1.165, 1.54) is 0 Å². The second kappa shape index (κ2) is 6.21. The van der Waals surface area contributed by atoms with Crippen molar-refractivity contribution in [2.24, 2.45) is 0 Å². The van der Waals surface area contributed by atoms with Gasteiger partial charge in [-0.2, -0.15) is 0 Å². The molecule has 0 amide bonds. The van der Waals surface area contributed by atoms with Crippen LogP contribution in [0.5, 0.6) is 0 Å². The van der Waals surface area contributed by atoms with Crippen LogP contribution in [0.3, 0.4) is 0 Å². The number of aliphatic hydroxyl groups excluding tert-OH is 1. The molecule has 0 radical (unpaired) electrons. The van der Waals surface area contributed by atoms with E-state index in [2.05, 4.69) is 0 Å². The van der Waals surface area contributed by atoms with Gasteiger partial charge in [-0.1, -0.05) is 19.3 Å². The Morgan fingerprint density at radius 1 is 1.31 bits per heavy atom. The Labute approximate surface area is 97.3 Å². The third-order valence-electron chi connectivity index (χ3n) is 3.35. The number of aliphatic carboxylic acids is 1. The summed E-state index contributed by atoms with van der Waals surface area (Å²) in [6.07, 6.45) is 4.62. The first-order chi connectivity index (χ1) is 7.52. The van der Waals surface area contributed by atoms with E-state index in [1.54, 1.807) is 0 Å². The summed E-state index contributed by atoms with van der Waals surface area (Å²) in [7, 11) is 0. The van der Waals surface area contributed by atoms with E-state index >= 15 is 0 Å². The Morgan fingerprint density at radius 2 is 1.94 bits per heavy atom. The van der Waals surface area contributed by atoms with Crippen molar-refractivity contribution in [1.82, 2.24) is 4.90 Å². The lowest BCUT2D eigenvalue weighted by molar-refractivity contribution is -0.140. The molecular formula is C12H23NO3. The van der Waals surface area contributed by atoms with Gasteiger partial charge in [-0.3, -0.25) is 9.69 Å². The van der Waals surface area contributed by atoms with Crippen LogP contribution >= 0.6 is 0 Å². The van der Waals surface area contributed by atoms with E-state index in [-0.39, 0.29) is 24.7 Å². The summed E-state index contributed by atoms with van der Waals surface area (Å²) in [5.41, 5.74) is 0. The lowest BCUT2D eigenvalue weighted by Gasteiger charge is -2.35. The number of carboxylic acids is 1. The Bertz CT molecular complexity index is 230. The van der Waals surface area contributed by atoms with Gasteiger partial charge in [0.25, 0.3) is 0 Å². The molecule has 94 valence electrons. The fraction of sp³-hybridized carbons (Fsp3) is 0.917. The molecule has 4 heteroatoms. The van der Waals surface area contributed by atoms with Crippen molar-refractivity contribution < 1.29 is 15.0 Å². The molecule has 1 aliphatic carbocycles. The van der Waals surface area contributed by atoms with Crippen molar-refractivity contribution in [3.63, 3.8) is 0 Å². The maximum absolute atomic E-state index is 10.8. The van der Waals surface area contributed by atoms with Gasteiger partial charge in [0.2, 0.25) is 0 Å². The molecule has 0 aliphatic heterocycles. The third-order valence-corrected chi connectivity index (χ3v) is 3.35. The second-order valence-electron chi connectivity index (χ2n) is 4.93. The largest absolute Gasteiger partial charge is 0.480 e. The smallest absolute Gasteiger partial charge is 0.317 e. The molecule has 0 heterocycles. The number of hydrogen-bond acceptors (Lipinski definition) is 3. The number of carbonyl (C=O) groups is 1. The lowest BCUT2D eigenvalue weighted by Crippen LogP contribution is -2.49. The summed E-state index contributed by atoms with van der Waals surface area (Å²) in [5.74, 6) is -0.815. The van der Waals surface area contributed by atoms with Crippen LogP contribution in [0.2, 0.25) is 0 Å². The zero-order valence-corrected chi connectivity index (χ0v) is 10.2. The number of hydrogen-bond donors (Lipinski definition) is 2. The van der Waals surface area contributed by atoms with E-state index in [9.17, 15) is 9.90 Å². The number of aliphatic hydroxyl groups is 1. The second-order valence-corrected chi connectivity index (χ2v) is 4.93. The molecule has 0 aromatic heterocycles. The van der Waals surface area contributed by atoms with E-state index < -0.39 is 5.97 Å². The summed E-state index contributed by atoms with van der Waals surface area (Å²) >= 11 is 0. The molecule has 1 rings (SSSR count). The van der Waals surface area contributed by atoms with Crippen LogP contribution in [0.25, 0.3) is 0 Å². The Balaban J connectivity index is 2.69. The minimum atomic E-state index is -0.815. The van der Waals surface area contributed by atoms with Crippen LogP contribution in [0.15, 0.2) is 0 Å². The van der Waals surface area contributed by atoms with Gasteiger partial charge in [0.15, 0.2) is 0 Å². The van der Waals surface area contributed by atoms with Crippen LogP contribution in [-0.4, -0.2) is 45.8 Å². The van der Waals surface area contributed by atoms with Gasteiger partial charge in [-0.05, 0) is 26.7 Å². The molecule has 1 saturated carbocycles. The monoisotopic (exact) mass is 229 g/mol. The molecule has 2 atom stereocenters. The summed E-state index contributed by atoms with van der Waals surface area (Å²) in [6.45, 7) is 4.00. The van der Waals surface area contributed by atoms with Crippen LogP contribution in [0, 0.1) is 0 Å². The van der Waals surface area contributed by atoms with Gasteiger partial charge in [-0.15, -0.1) is 0 Å². The fourth-order valence-electron chi connectivity index (χ4n) is 2.49. The van der Waals surface area contributed by atoms with Crippen LogP contribution in [0.1, 0.15) is 46.0 Å². The lowest BCUT2D eigenvalue weighted by atomic mass is 10.0. The quantitative estimate of drug-likeness (QED) is 0.717. The van der Waals surface area contributed by atoms with Crippen molar-refractivity contribution in [3.05, 3.63) is 0 Å². The minimum absolute atomic E-state index is 0.0126. The van der Waals surface area contributed by atoms with E-state index in [4.69, 9.17) is 5.11 Å². The molecule has 1 aliphatic rings. The molecule has 0 bridgehead atoms. The first-order valence-electron chi connectivity index (χ1n) is 6.18. The van der Waals surface area contributed by atoms with Gasteiger partial charge in [0.05, 0.1) is 12.6 Å². The van der Waals surface area contributed by atoms with Crippen molar-refractivity contribution in [2.75, 3.05) is 6.54 Å². The Hall–Kier alpha value is -0.610. The minimum Gasteiger partial charge on any atom is -0.480 e. The topological polar surface area (TPSA) is 60.8 Å². The van der Waals surface area contributed by atoms with Crippen molar-refractivity contribution in [3.8, 4) is 0 Å². The van der Waals surface area contributed by atoms with Crippen LogP contribution in [0.4, 0.5) is 0 Å². The molecule has 0 spiro atoms. The summed E-state index contributed by atoms with van der Waals surface area (Å²) in [5, 5.41) is 18.9. The van der Waals surface area contributed by atoms with Gasteiger partial charge in [0.1, 0.15) is 0 Å². The SMILES string of the molecule is CC(C)N(CC(=O)O)C1CCCCCC1O. The number of nitrogens with zero attached hydrogens (tertiary/aromatic N) is 1. The van der Waals surface area contributed by atoms with Crippen molar-refractivity contribution >= 4 is 5.97 Å². The normalized spacial score (nSPS) is 27.1. The average Bonchev–Trinajstić information content (AvgIpc) is 2.39. The first kappa shape index (κ1) is 13.5. The predicted molar refractivity (Wildman–Crippen MR) is 62.4 cm³/mol. The van der Waals surface area contributed by atoms with Crippen molar-refractivity contribution in [1.29, 1.82) is 0 Å². The van der Waals surface area contributed by atoms with Gasteiger partial charge in [0, 0.05) is 12.1 Å². The standard InChI is InChI=1S/C12H23NO3/c1-9(2)13(8-12(15)16)10-6-4-3-5-7-11(10)14/h9-11,14H,3-8H2,1-2H3,(H,15,16). The zero-order chi connectivity index (χ0) is 12.1. The summed E-state index contributed by atoms with van der Waals surface area (Å²) in [6, 6.07) is 0.174. The number of carboxylic acid groups (broad SMARTS) is 1. The summed E-state index contributed by atoms with van der Waals surface area (Å²) in [4.78, 5) is 12.7. The molecule has 16 heavy (non-hydrogen) atoms. The maximum Gasteiger partial charge on any atom is 0.317 e. The average molecular weight is 229 g/mol. The Kier molecular flexibility index (Phi) is 5.22.